The van der Waals surface area contributed by atoms with Gasteiger partial charge in [-0.05, 0) is 28.8 Å². The fourth-order valence-corrected chi connectivity index (χ4v) is 2.36. The summed E-state index contributed by atoms with van der Waals surface area (Å²) in [5.74, 6) is 0.702. The minimum atomic E-state index is 0.0124. The Morgan fingerprint density at radius 2 is 1.38 bits per heavy atom. The lowest BCUT2D eigenvalue weighted by atomic mass is 9.99. The molecule has 1 heterocycles. The van der Waals surface area contributed by atoms with Crippen molar-refractivity contribution in [3.63, 3.8) is 0 Å². The zero-order valence-corrected chi connectivity index (χ0v) is 12.0. The van der Waals surface area contributed by atoms with E-state index in [2.05, 4.69) is 39.6 Å². The second kappa shape index (κ2) is 6.37. The molecule has 0 amide bonds. The van der Waals surface area contributed by atoms with E-state index in [-0.39, 0.29) is 11.3 Å². The number of benzene rings is 2. The standard InChI is InChI=1S/C17H14ClN3/c18-17-19-12-11-15(21-17)20-16(13-7-3-1-4-8-13)14-9-5-2-6-10-14/h1-12,16H,(H,19,20,21). The molecule has 0 aliphatic rings. The van der Waals surface area contributed by atoms with Gasteiger partial charge in [-0.25, -0.2) is 9.97 Å². The molecule has 2 aromatic carbocycles. The Morgan fingerprint density at radius 3 is 1.90 bits per heavy atom. The molecular formula is C17H14ClN3. The van der Waals surface area contributed by atoms with E-state index in [9.17, 15) is 0 Å². The molecule has 0 atom stereocenters. The lowest BCUT2D eigenvalue weighted by Crippen LogP contribution is -2.13. The maximum atomic E-state index is 5.86. The Bertz CT molecular complexity index is 662. The summed E-state index contributed by atoms with van der Waals surface area (Å²) in [5.41, 5.74) is 2.33. The van der Waals surface area contributed by atoms with Gasteiger partial charge in [0.05, 0.1) is 6.04 Å². The molecule has 0 spiro atoms. The minimum Gasteiger partial charge on any atom is -0.359 e. The Balaban J connectivity index is 1.97. The van der Waals surface area contributed by atoms with Crippen molar-refractivity contribution in [2.75, 3.05) is 5.32 Å². The molecule has 4 heteroatoms. The van der Waals surface area contributed by atoms with Crippen LogP contribution in [-0.2, 0) is 0 Å². The van der Waals surface area contributed by atoms with Gasteiger partial charge < -0.3 is 5.32 Å². The van der Waals surface area contributed by atoms with Crippen LogP contribution < -0.4 is 5.32 Å². The highest BCUT2D eigenvalue weighted by Gasteiger charge is 2.14. The Kier molecular flexibility index (Phi) is 4.12. The van der Waals surface area contributed by atoms with Gasteiger partial charge in [0.25, 0.3) is 0 Å². The highest BCUT2D eigenvalue weighted by Crippen LogP contribution is 2.25. The molecule has 0 fully saturated rings. The van der Waals surface area contributed by atoms with E-state index in [1.807, 2.05) is 42.5 Å². The van der Waals surface area contributed by atoms with Crippen molar-refractivity contribution < 1.29 is 0 Å². The molecule has 104 valence electrons. The van der Waals surface area contributed by atoms with Gasteiger partial charge in [-0.3, -0.25) is 0 Å². The second-order valence-electron chi connectivity index (χ2n) is 4.61. The van der Waals surface area contributed by atoms with Crippen molar-refractivity contribution in [2.24, 2.45) is 0 Å². The fourth-order valence-electron chi connectivity index (χ4n) is 2.21. The first-order valence-corrected chi connectivity index (χ1v) is 7.06. The summed E-state index contributed by atoms with van der Waals surface area (Å²) in [7, 11) is 0. The first-order valence-electron chi connectivity index (χ1n) is 6.68. The number of rotatable bonds is 4. The number of halogens is 1. The van der Waals surface area contributed by atoms with E-state index in [4.69, 9.17) is 11.6 Å². The van der Waals surface area contributed by atoms with Crippen LogP contribution in [0.15, 0.2) is 72.9 Å². The first-order chi connectivity index (χ1) is 10.3. The third-order valence-corrected chi connectivity index (χ3v) is 3.37. The van der Waals surface area contributed by atoms with Crippen LogP contribution in [0.2, 0.25) is 5.28 Å². The summed E-state index contributed by atoms with van der Waals surface area (Å²) in [6.07, 6.45) is 1.64. The van der Waals surface area contributed by atoms with Gasteiger partial charge in [-0.1, -0.05) is 60.7 Å². The zero-order chi connectivity index (χ0) is 14.5. The normalized spacial score (nSPS) is 10.6. The van der Waals surface area contributed by atoms with Gasteiger partial charge in [0.1, 0.15) is 5.82 Å². The summed E-state index contributed by atoms with van der Waals surface area (Å²) >= 11 is 5.86. The summed E-state index contributed by atoms with van der Waals surface area (Å²) in [5, 5.41) is 3.65. The van der Waals surface area contributed by atoms with Crippen LogP contribution >= 0.6 is 11.6 Å². The molecule has 1 aromatic heterocycles. The average Bonchev–Trinajstić information content (AvgIpc) is 2.54. The summed E-state index contributed by atoms with van der Waals surface area (Å²) in [4.78, 5) is 8.11. The number of anilines is 1. The lowest BCUT2D eigenvalue weighted by molar-refractivity contribution is 0.922. The molecule has 0 unspecified atom stereocenters. The van der Waals surface area contributed by atoms with Gasteiger partial charge in [-0.15, -0.1) is 0 Å². The number of hydrogen-bond acceptors (Lipinski definition) is 3. The van der Waals surface area contributed by atoms with Crippen LogP contribution in [0.3, 0.4) is 0 Å². The maximum Gasteiger partial charge on any atom is 0.224 e. The average molecular weight is 296 g/mol. The monoisotopic (exact) mass is 295 g/mol. The van der Waals surface area contributed by atoms with E-state index in [1.165, 1.54) is 11.1 Å². The number of aromatic nitrogens is 2. The molecule has 21 heavy (non-hydrogen) atoms. The van der Waals surface area contributed by atoms with Crippen molar-refractivity contribution in [3.05, 3.63) is 89.3 Å². The molecule has 3 nitrogen and oxygen atoms in total. The maximum absolute atomic E-state index is 5.86. The van der Waals surface area contributed by atoms with Crippen molar-refractivity contribution in [3.8, 4) is 0 Å². The third kappa shape index (κ3) is 3.38. The van der Waals surface area contributed by atoms with Crippen molar-refractivity contribution in [2.45, 2.75) is 6.04 Å². The van der Waals surface area contributed by atoms with Gasteiger partial charge >= 0.3 is 0 Å². The molecule has 0 bridgehead atoms. The van der Waals surface area contributed by atoms with Crippen LogP contribution in [0.25, 0.3) is 0 Å². The van der Waals surface area contributed by atoms with E-state index < -0.39 is 0 Å². The highest BCUT2D eigenvalue weighted by molar-refractivity contribution is 6.28. The Labute approximate surface area is 128 Å². The number of nitrogens with zero attached hydrogens (tertiary/aromatic N) is 2. The first kappa shape index (κ1) is 13.6. The number of hydrogen-bond donors (Lipinski definition) is 1. The molecule has 0 aliphatic heterocycles. The van der Waals surface area contributed by atoms with Gasteiger partial charge in [0.2, 0.25) is 5.28 Å². The van der Waals surface area contributed by atoms with Gasteiger partial charge in [-0.2, -0.15) is 0 Å². The van der Waals surface area contributed by atoms with E-state index in [0.29, 0.717) is 5.82 Å². The molecule has 0 saturated carbocycles. The quantitative estimate of drug-likeness (QED) is 0.728. The van der Waals surface area contributed by atoms with Crippen LogP contribution in [0, 0.1) is 0 Å². The zero-order valence-electron chi connectivity index (χ0n) is 11.3. The van der Waals surface area contributed by atoms with E-state index in [1.54, 1.807) is 6.20 Å². The Hall–Kier alpha value is -2.39. The molecule has 3 rings (SSSR count). The van der Waals surface area contributed by atoms with E-state index >= 15 is 0 Å². The fraction of sp³-hybridized carbons (Fsp3) is 0.0588. The largest absolute Gasteiger partial charge is 0.359 e. The predicted molar refractivity (Wildman–Crippen MR) is 85.4 cm³/mol. The van der Waals surface area contributed by atoms with Crippen LogP contribution in [0.1, 0.15) is 17.2 Å². The second-order valence-corrected chi connectivity index (χ2v) is 4.95. The lowest BCUT2D eigenvalue weighted by Gasteiger charge is -2.20. The van der Waals surface area contributed by atoms with E-state index in [0.717, 1.165) is 0 Å². The highest BCUT2D eigenvalue weighted by atomic mass is 35.5. The minimum absolute atomic E-state index is 0.0124. The molecule has 1 N–H and O–H groups in total. The predicted octanol–water partition coefficient (Wildman–Crippen LogP) is 4.33. The SMILES string of the molecule is Clc1nccc(NC(c2ccccc2)c2ccccc2)n1. The summed E-state index contributed by atoms with van der Waals surface area (Å²) in [6, 6.07) is 22.3. The smallest absolute Gasteiger partial charge is 0.224 e. The number of nitrogens with one attached hydrogen (secondary N) is 1. The van der Waals surface area contributed by atoms with Gasteiger partial charge in [0, 0.05) is 6.20 Å². The molecular weight excluding hydrogens is 282 g/mol. The molecule has 0 saturated heterocycles. The summed E-state index contributed by atoms with van der Waals surface area (Å²) < 4.78 is 0. The molecule has 0 radical (unpaired) electrons. The summed E-state index contributed by atoms with van der Waals surface area (Å²) in [6.45, 7) is 0. The van der Waals surface area contributed by atoms with Gasteiger partial charge in [0.15, 0.2) is 0 Å². The van der Waals surface area contributed by atoms with Crippen LogP contribution in [0.4, 0.5) is 5.82 Å². The Morgan fingerprint density at radius 1 is 0.810 bits per heavy atom. The van der Waals surface area contributed by atoms with Crippen LogP contribution in [-0.4, -0.2) is 9.97 Å². The van der Waals surface area contributed by atoms with Crippen molar-refractivity contribution in [1.29, 1.82) is 0 Å². The van der Waals surface area contributed by atoms with Crippen LogP contribution in [0.5, 0.6) is 0 Å². The third-order valence-electron chi connectivity index (χ3n) is 3.18. The topological polar surface area (TPSA) is 37.8 Å². The van der Waals surface area contributed by atoms with Crippen molar-refractivity contribution >= 4 is 17.4 Å². The molecule has 0 aliphatic carbocycles. The van der Waals surface area contributed by atoms with Crippen molar-refractivity contribution in [1.82, 2.24) is 9.97 Å². The molecule has 3 aromatic rings.